The van der Waals surface area contributed by atoms with Gasteiger partial charge in [-0.3, -0.25) is 4.79 Å². The Balaban J connectivity index is 2.44. The number of hydrogen-bond acceptors (Lipinski definition) is 5. The van der Waals surface area contributed by atoms with Gasteiger partial charge in [0.15, 0.2) is 5.84 Å². The highest BCUT2D eigenvalue weighted by Gasteiger charge is 2.08. The third kappa shape index (κ3) is 4.65. The number of carbonyl (C=O) groups excluding carboxylic acids is 2. The van der Waals surface area contributed by atoms with Crippen LogP contribution in [0.25, 0.3) is 0 Å². The molecule has 6 nitrogen and oxygen atoms in total. The SMILES string of the molecule is COC(=O)CCC(=O)O/N=C(\N)c1ccccc1. The second-order valence-electron chi connectivity index (χ2n) is 3.38. The first kappa shape index (κ1) is 13.7. The van der Waals surface area contributed by atoms with Crippen molar-refractivity contribution in [1.82, 2.24) is 0 Å². The summed E-state index contributed by atoms with van der Waals surface area (Å²) in [6, 6.07) is 8.88. The largest absolute Gasteiger partial charge is 0.469 e. The molecule has 2 N–H and O–H groups in total. The standard InChI is InChI=1S/C12H14N2O4/c1-17-10(15)7-8-11(16)18-14-12(13)9-5-3-2-4-6-9/h2-6H,7-8H2,1H3,(H2,13,14). The van der Waals surface area contributed by atoms with Gasteiger partial charge >= 0.3 is 11.9 Å². The maximum Gasteiger partial charge on any atom is 0.335 e. The minimum atomic E-state index is -0.640. The molecular weight excluding hydrogens is 236 g/mol. The fourth-order valence-electron chi connectivity index (χ4n) is 1.11. The first-order valence-corrected chi connectivity index (χ1v) is 5.29. The lowest BCUT2D eigenvalue weighted by atomic mass is 10.2. The van der Waals surface area contributed by atoms with Gasteiger partial charge in [0.25, 0.3) is 0 Å². The number of amidine groups is 1. The molecule has 0 saturated carbocycles. The fraction of sp³-hybridized carbons (Fsp3) is 0.250. The van der Waals surface area contributed by atoms with Crippen LogP contribution in [-0.2, 0) is 19.2 Å². The van der Waals surface area contributed by atoms with E-state index in [0.717, 1.165) is 0 Å². The highest BCUT2D eigenvalue weighted by Crippen LogP contribution is 2.00. The van der Waals surface area contributed by atoms with Gasteiger partial charge in [-0.25, -0.2) is 4.79 Å². The van der Waals surface area contributed by atoms with E-state index in [1.54, 1.807) is 24.3 Å². The Morgan fingerprint density at radius 3 is 2.39 bits per heavy atom. The molecule has 0 atom stereocenters. The van der Waals surface area contributed by atoms with Crippen LogP contribution in [0.4, 0.5) is 0 Å². The summed E-state index contributed by atoms with van der Waals surface area (Å²) in [5, 5.41) is 3.49. The van der Waals surface area contributed by atoms with E-state index in [1.807, 2.05) is 6.07 Å². The van der Waals surface area contributed by atoms with Crippen molar-refractivity contribution in [2.75, 3.05) is 7.11 Å². The predicted octanol–water partition coefficient (Wildman–Crippen LogP) is 0.803. The highest BCUT2D eigenvalue weighted by molar-refractivity contribution is 5.97. The summed E-state index contributed by atoms with van der Waals surface area (Å²) in [4.78, 5) is 26.6. The van der Waals surface area contributed by atoms with E-state index in [-0.39, 0.29) is 18.7 Å². The molecular formula is C12H14N2O4. The lowest BCUT2D eigenvalue weighted by molar-refractivity contribution is -0.148. The number of carbonyl (C=O) groups is 2. The fourth-order valence-corrected chi connectivity index (χ4v) is 1.11. The zero-order valence-electron chi connectivity index (χ0n) is 9.96. The number of esters is 1. The van der Waals surface area contributed by atoms with Gasteiger partial charge in [-0.2, -0.15) is 0 Å². The number of benzene rings is 1. The minimum absolute atomic E-state index is 0.0455. The van der Waals surface area contributed by atoms with Crippen LogP contribution in [0.2, 0.25) is 0 Å². The molecule has 0 amide bonds. The van der Waals surface area contributed by atoms with Gasteiger partial charge < -0.3 is 15.3 Å². The van der Waals surface area contributed by atoms with Crippen LogP contribution in [0.5, 0.6) is 0 Å². The lowest BCUT2D eigenvalue weighted by Crippen LogP contribution is -2.15. The first-order valence-electron chi connectivity index (χ1n) is 5.29. The second kappa shape index (κ2) is 7.05. The minimum Gasteiger partial charge on any atom is -0.469 e. The first-order chi connectivity index (χ1) is 8.63. The Hall–Kier alpha value is -2.37. The van der Waals surface area contributed by atoms with Gasteiger partial charge in [-0.1, -0.05) is 35.5 Å². The van der Waals surface area contributed by atoms with Crippen molar-refractivity contribution in [2.45, 2.75) is 12.8 Å². The molecule has 0 bridgehead atoms. The van der Waals surface area contributed by atoms with E-state index in [9.17, 15) is 9.59 Å². The van der Waals surface area contributed by atoms with E-state index < -0.39 is 11.9 Å². The van der Waals surface area contributed by atoms with Crippen molar-refractivity contribution in [3.05, 3.63) is 35.9 Å². The summed E-state index contributed by atoms with van der Waals surface area (Å²) < 4.78 is 4.39. The Kier molecular flexibility index (Phi) is 5.37. The van der Waals surface area contributed by atoms with E-state index in [0.29, 0.717) is 5.56 Å². The molecule has 0 radical (unpaired) electrons. The molecule has 6 heteroatoms. The Labute approximate surface area is 104 Å². The summed E-state index contributed by atoms with van der Waals surface area (Å²) in [5.41, 5.74) is 6.26. The van der Waals surface area contributed by atoms with Crippen LogP contribution < -0.4 is 5.73 Å². The van der Waals surface area contributed by atoms with Gasteiger partial charge in [0.1, 0.15) is 0 Å². The number of oxime groups is 1. The van der Waals surface area contributed by atoms with Crippen LogP contribution in [0.3, 0.4) is 0 Å². The summed E-state index contributed by atoms with van der Waals surface area (Å²) in [6.07, 6.45) is -0.145. The van der Waals surface area contributed by atoms with Gasteiger partial charge in [-0.15, -0.1) is 0 Å². The normalized spacial score (nSPS) is 10.8. The van der Waals surface area contributed by atoms with Crippen molar-refractivity contribution in [3.63, 3.8) is 0 Å². The van der Waals surface area contributed by atoms with E-state index in [2.05, 4.69) is 14.7 Å². The summed E-state index contributed by atoms with van der Waals surface area (Å²) in [5.74, 6) is -1.02. The number of ether oxygens (including phenoxy) is 1. The number of hydrogen-bond donors (Lipinski definition) is 1. The maximum atomic E-state index is 11.2. The molecule has 0 aromatic heterocycles. The molecule has 1 aromatic rings. The van der Waals surface area contributed by atoms with E-state index in [1.165, 1.54) is 7.11 Å². The van der Waals surface area contributed by atoms with Gasteiger partial charge in [0, 0.05) is 5.56 Å². The molecule has 0 fully saturated rings. The van der Waals surface area contributed by atoms with Crippen LogP contribution in [0, 0.1) is 0 Å². The molecule has 96 valence electrons. The molecule has 1 aromatic carbocycles. The number of methoxy groups -OCH3 is 1. The van der Waals surface area contributed by atoms with Crippen LogP contribution in [0.15, 0.2) is 35.5 Å². The Morgan fingerprint density at radius 2 is 1.78 bits per heavy atom. The number of rotatable bonds is 5. The van der Waals surface area contributed by atoms with Crippen molar-refractivity contribution in [2.24, 2.45) is 10.9 Å². The molecule has 0 unspecified atom stereocenters. The van der Waals surface area contributed by atoms with Crippen LogP contribution >= 0.6 is 0 Å². The number of nitrogens with two attached hydrogens (primary N) is 1. The molecule has 0 spiro atoms. The average Bonchev–Trinajstić information content (AvgIpc) is 2.42. The van der Waals surface area contributed by atoms with Crippen LogP contribution in [-0.4, -0.2) is 24.9 Å². The Morgan fingerprint density at radius 1 is 1.17 bits per heavy atom. The predicted molar refractivity (Wildman–Crippen MR) is 64.5 cm³/mol. The van der Waals surface area contributed by atoms with Crippen LogP contribution in [0.1, 0.15) is 18.4 Å². The topological polar surface area (TPSA) is 91.0 Å². The zero-order chi connectivity index (χ0) is 13.4. The molecule has 0 heterocycles. The smallest absolute Gasteiger partial charge is 0.335 e. The molecule has 0 saturated heterocycles. The molecule has 0 aliphatic heterocycles. The van der Waals surface area contributed by atoms with Gasteiger partial charge in [0.2, 0.25) is 0 Å². The quantitative estimate of drug-likeness (QED) is 0.274. The molecule has 0 aliphatic rings. The van der Waals surface area contributed by atoms with Crippen molar-refractivity contribution < 1.29 is 19.2 Å². The molecule has 1 rings (SSSR count). The number of nitrogens with zero attached hydrogens (tertiary/aromatic N) is 1. The van der Waals surface area contributed by atoms with Gasteiger partial charge in [-0.05, 0) is 0 Å². The van der Waals surface area contributed by atoms with Crippen molar-refractivity contribution >= 4 is 17.8 Å². The molecule has 18 heavy (non-hydrogen) atoms. The maximum absolute atomic E-state index is 11.2. The average molecular weight is 250 g/mol. The summed E-state index contributed by atoms with van der Waals surface area (Å²) >= 11 is 0. The van der Waals surface area contributed by atoms with Crippen molar-refractivity contribution in [3.8, 4) is 0 Å². The van der Waals surface area contributed by atoms with E-state index >= 15 is 0 Å². The third-order valence-electron chi connectivity index (χ3n) is 2.08. The summed E-state index contributed by atoms with van der Waals surface area (Å²) in [6.45, 7) is 0. The second-order valence-corrected chi connectivity index (χ2v) is 3.38. The van der Waals surface area contributed by atoms with Crippen molar-refractivity contribution in [1.29, 1.82) is 0 Å². The zero-order valence-corrected chi connectivity index (χ0v) is 9.96. The molecule has 0 aliphatic carbocycles. The Bertz CT molecular complexity index is 443. The third-order valence-corrected chi connectivity index (χ3v) is 2.08. The lowest BCUT2D eigenvalue weighted by Gasteiger charge is -2.00. The monoisotopic (exact) mass is 250 g/mol. The highest BCUT2D eigenvalue weighted by atomic mass is 16.7. The van der Waals surface area contributed by atoms with Gasteiger partial charge in [0.05, 0.1) is 20.0 Å². The summed E-state index contributed by atoms with van der Waals surface area (Å²) in [7, 11) is 1.25. The van der Waals surface area contributed by atoms with E-state index in [4.69, 9.17) is 5.73 Å².